The highest BCUT2D eigenvalue weighted by molar-refractivity contribution is 5.85. The summed E-state index contributed by atoms with van der Waals surface area (Å²) < 4.78 is 5.68. The van der Waals surface area contributed by atoms with Gasteiger partial charge in [0.25, 0.3) is 5.91 Å². The second-order valence-electron chi connectivity index (χ2n) is 5.42. The zero-order valence-electron chi connectivity index (χ0n) is 12.8. The minimum absolute atomic E-state index is 0. The number of hydrogen-bond donors (Lipinski definition) is 1. The van der Waals surface area contributed by atoms with Crippen LogP contribution in [0.4, 0.5) is 5.95 Å². The standard InChI is InChI=1S/C14H21N5O2.2ClH/c15-10-11-2-3-12(21-11)13(20)18-6-8-19(9-7-18)14-16-4-1-5-17-14;;/h1,4-5,11-12H,2-3,6-10,15H2;2*1H/t11-,12+;;/m1../s1. The van der Waals surface area contributed by atoms with Gasteiger partial charge >= 0.3 is 0 Å². The summed E-state index contributed by atoms with van der Waals surface area (Å²) in [5, 5.41) is 0. The van der Waals surface area contributed by atoms with Crippen molar-refractivity contribution < 1.29 is 9.53 Å². The van der Waals surface area contributed by atoms with Gasteiger partial charge in [0.05, 0.1) is 6.10 Å². The first-order valence-electron chi connectivity index (χ1n) is 7.44. The van der Waals surface area contributed by atoms with Crippen LogP contribution in [0.15, 0.2) is 18.5 Å². The Bertz CT molecular complexity index is 485. The van der Waals surface area contributed by atoms with E-state index in [1.807, 2.05) is 4.90 Å². The maximum Gasteiger partial charge on any atom is 0.251 e. The van der Waals surface area contributed by atoms with Crippen molar-refractivity contribution in [2.24, 2.45) is 5.73 Å². The quantitative estimate of drug-likeness (QED) is 0.840. The first kappa shape index (κ1) is 19.9. The molecule has 0 spiro atoms. The second-order valence-corrected chi connectivity index (χ2v) is 5.42. The molecule has 2 saturated heterocycles. The van der Waals surface area contributed by atoms with Crippen molar-refractivity contribution in [1.82, 2.24) is 14.9 Å². The van der Waals surface area contributed by atoms with Gasteiger partial charge in [0.2, 0.25) is 5.95 Å². The summed E-state index contributed by atoms with van der Waals surface area (Å²) in [6.45, 7) is 3.36. The molecule has 2 fully saturated rings. The number of nitrogens with zero attached hydrogens (tertiary/aromatic N) is 4. The molecule has 9 heteroatoms. The summed E-state index contributed by atoms with van der Waals surface area (Å²) in [6, 6.07) is 1.80. The van der Waals surface area contributed by atoms with Crippen LogP contribution in [0.1, 0.15) is 12.8 Å². The van der Waals surface area contributed by atoms with E-state index >= 15 is 0 Å². The van der Waals surface area contributed by atoms with E-state index < -0.39 is 0 Å². The molecule has 2 aliphatic rings. The number of aromatic nitrogens is 2. The minimum atomic E-state index is -0.307. The van der Waals surface area contributed by atoms with E-state index in [-0.39, 0.29) is 42.9 Å². The molecule has 0 unspecified atom stereocenters. The predicted octanol–water partition coefficient (Wildman–Crippen LogP) is 0.475. The Morgan fingerprint density at radius 1 is 1.17 bits per heavy atom. The number of carbonyl (C=O) groups is 1. The van der Waals surface area contributed by atoms with Gasteiger partial charge in [-0.25, -0.2) is 9.97 Å². The first-order chi connectivity index (χ1) is 10.3. The largest absolute Gasteiger partial charge is 0.364 e. The highest BCUT2D eigenvalue weighted by Crippen LogP contribution is 2.21. The summed E-state index contributed by atoms with van der Waals surface area (Å²) in [4.78, 5) is 24.9. The lowest BCUT2D eigenvalue weighted by Crippen LogP contribution is -2.52. The lowest BCUT2D eigenvalue weighted by molar-refractivity contribution is -0.143. The number of amides is 1. The van der Waals surface area contributed by atoms with Gasteiger partial charge < -0.3 is 20.3 Å². The van der Waals surface area contributed by atoms with Crippen LogP contribution in [0.5, 0.6) is 0 Å². The fourth-order valence-corrected chi connectivity index (χ4v) is 2.85. The SMILES string of the molecule is Cl.Cl.NC[C@H]1CC[C@@H](C(=O)N2CCN(c3ncccn3)CC2)O1. The molecule has 3 rings (SSSR count). The Balaban J connectivity index is 0.00000132. The molecule has 0 aromatic carbocycles. The predicted molar refractivity (Wildman–Crippen MR) is 92.3 cm³/mol. The molecule has 0 saturated carbocycles. The Morgan fingerprint density at radius 3 is 2.39 bits per heavy atom. The average Bonchev–Trinajstić information content (AvgIpc) is 3.04. The molecular formula is C14H23Cl2N5O2. The molecule has 0 bridgehead atoms. The highest BCUT2D eigenvalue weighted by atomic mass is 35.5. The molecule has 2 atom stereocenters. The number of ether oxygens (including phenoxy) is 1. The van der Waals surface area contributed by atoms with E-state index in [1.54, 1.807) is 18.5 Å². The molecular weight excluding hydrogens is 341 g/mol. The van der Waals surface area contributed by atoms with Crippen molar-refractivity contribution in [1.29, 1.82) is 0 Å². The fraction of sp³-hybridized carbons (Fsp3) is 0.643. The monoisotopic (exact) mass is 363 g/mol. The lowest BCUT2D eigenvalue weighted by atomic mass is 10.1. The maximum absolute atomic E-state index is 12.4. The van der Waals surface area contributed by atoms with Crippen molar-refractivity contribution in [3.8, 4) is 0 Å². The Morgan fingerprint density at radius 2 is 1.83 bits per heavy atom. The number of rotatable bonds is 3. The molecule has 1 aromatic heterocycles. The molecule has 7 nitrogen and oxygen atoms in total. The highest BCUT2D eigenvalue weighted by Gasteiger charge is 2.34. The summed E-state index contributed by atoms with van der Waals surface area (Å²) in [5.74, 6) is 0.824. The zero-order valence-corrected chi connectivity index (χ0v) is 14.5. The van der Waals surface area contributed by atoms with Gasteiger partial charge in [-0.1, -0.05) is 0 Å². The van der Waals surface area contributed by atoms with Crippen molar-refractivity contribution in [3.63, 3.8) is 0 Å². The molecule has 130 valence electrons. The Kier molecular flexibility index (Phi) is 7.98. The lowest BCUT2D eigenvalue weighted by Gasteiger charge is -2.35. The van der Waals surface area contributed by atoms with Crippen LogP contribution in [0.3, 0.4) is 0 Å². The van der Waals surface area contributed by atoms with Crippen LogP contribution < -0.4 is 10.6 Å². The molecule has 0 radical (unpaired) electrons. The average molecular weight is 364 g/mol. The normalized spacial score (nSPS) is 23.9. The van der Waals surface area contributed by atoms with Gasteiger partial charge in [-0.3, -0.25) is 4.79 Å². The number of anilines is 1. The molecule has 0 aliphatic carbocycles. The first-order valence-corrected chi connectivity index (χ1v) is 7.44. The van der Waals surface area contributed by atoms with Crippen LogP contribution in [0.25, 0.3) is 0 Å². The number of carbonyl (C=O) groups excluding carboxylic acids is 1. The summed E-state index contributed by atoms with van der Waals surface area (Å²) in [6.07, 6.45) is 4.86. The van der Waals surface area contributed by atoms with Crippen LogP contribution in [0.2, 0.25) is 0 Å². The van der Waals surface area contributed by atoms with Crippen molar-refractivity contribution >= 4 is 36.7 Å². The maximum atomic E-state index is 12.4. The number of hydrogen-bond acceptors (Lipinski definition) is 6. The van der Waals surface area contributed by atoms with Crippen LogP contribution in [0, 0.1) is 0 Å². The smallest absolute Gasteiger partial charge is 0.251 e. The van der Waals surface area contributed by atoms with Gasteiger partial charge in [-0.15, -0.1) is 24.8 Å². The van der Waals surface area contributed by atoms with E-state index in [0.717, 1.165) is 31.9 Å². The van der Waals surface area contributed by atoms with E-state index in [9.17, 15) is 4.79 Å². The third-order valence-electron chi connectivity index (χ3n) is 4.07. The molecule has 23 heavy (non-hydrogen) atoms. The third-order valence-corrected chi connectivity index (χ3v) is 4.07. The van der Waals surface area contributed by atoms with Crippen molar-refractivity contribution in [3.05, 3.63) is 18.5 Å². The van der Waals surface area contributed by atoms with E-state index in [0.29, 0.717) is 19.6 Å². The topological polar surface area (TPSA) is 84.6 Å². The third kappa shape index (κ3) is 4.67. The molecule has 2 N–H and O–H groups in total. The summed E-state index contributed by atoms with van der Waals surface area (Å²) in [7, 11) is 0. The van der Waals surface area contributed by atoms with Gasteiger partial charge in [0, 0.05) is 45.1 Å². The minimum Gasteiger partial charge on any atom is -0.364 e. The number of piperazine rings is 1. The van der Waals surface area contributed by atoms with Gasteiger partial charge in [0.15, 0.2) is 0 Å². The van der Waals surface area contributed by atoms with E-state index in [2.05, 4.69) is 14.9 Å². The Hall–Kier alpha value is -1.15. The number of nitrogens with two attached hydrogens (primary N) is 1. The van der Waals surface area contributed by atoms with Crippen LogP contribution in [-0.4, -0.2) is 65.7 Å². The van der Waals surface area contributed by atoms with E-state index in [4.69, 9.17) is 10.5 Å². The van der Waals surface area contributed by atoms with Gasteiger partial charge in [-0.2, -0.15) is 0 Å². The Labute approximate surface area is 148 Å². The van der Waals surface area contributed by atoms with Gasteiger partial charge in [-0.05, 0) is 18.9 Å². The second kappa shape index (κ2) is 9.22. The summed E-state index contributed by atoms with van der Waals surface area (Å²) >= 11 is 0. The molecule has 1 amide bonds. The molecule has 2 aliphatic heterocycles. The van der Waals surface area contributed by atoms with Crippen LogP contribution in [-0.2, 0) is 9.53 Å². The van der Waals surface area contributed by atoms with Crippen molar-refractivity contribution in [2.45, 2.75) is 25.0 Å². The zero-order chi connectivity index (χ0) is 14.7. The van der Waals surface area contributed by atoms with Crippen LogP contribution >= 0.6 is 24.8 Å². The van der Waals surface area contributed by atoms with E-state index in [1.165, 1.54) is 0 Å². The fourth-order valence-electron chi connectivity index (χ4n) is 2.85. The number of halogens is 2. The molecule has 1 aromatic rings. The summed E-state index contributed by atoms with van der Waals surface area (Å²) in [5.41, 5.74) is 5.59. The van der Waals surface area contributed by atoms with Gasteiger partial charge in [0.1, 0.15) is 6.10 Å². The molecule has 3 heterocycles. The van der Waals surface area contributed by atoms with Crippen molar-refractivity contribution in [2.75, 3.05) is 37.6 Å².